The van der Waals surface area contributed by atoms with E-state index in [1.807, 2.05) is 19.1 Å². The number of hydrogen-bond donors (Lipinski definition) is 1. The first-order valence-corrected chi connectivity index (χ1v) is 6.01. The van der Waals surface area contributed by atoms with Crippen molar-refractivity contribution in [3.63, 3.8) is 0 Å². The van der Waals surface area contributed by atoms with E-state index in [0.29, 0.717) is 29.8 Å². The first-order valence-electron chi connectivity index (χ1n) is 5.63. The molecule has 1 aromatic heterocycles. The van der Waals surface area contributed by atoms with Gasteiger partial charge in [0.25, 0.3) is 5.56 Å². The molecule has 2 rings (SSSR count). The van der Waals surface area contributed by atoms with Crippen molar-refractivity contribution in [2.24, 2.45) is 0 Å². The summed E-state index contributed by atoms with van der Waals surface area (Å²) in [6.07, 6.45) is 0. The predicted molar refractivity (Wildman–Crippen MR) is 70.6 cm³/mol. The van der Waals surface area contributed by atoms with Crippen LogP contribution in [0.3, 0.4) is 0 Å². The molecule has 0 unspecified atom stereocenters. The first-order chi connectivity index (χ1) is 8.69. The van der Waals surface area contributed by atoms with Crippen LogP contribution < -0.4 is 5.56 Å². The normalized spacial score (nSPS) is 10.6. The number of rotatable bonds is 4. The third-order valence-corrected chi connectivity index (χ3v) is 2.63. The van der Waals surface area contributed by atoms with Gasteiger partial charge in [0.1, 0.15) is 12.4 Å². The van der Waals surface area contributed by atoms with E-state index >= 15 is 0 Å². The molecule has 4 nitrogen and oxygen atoms in total. The number of aromatic amines is 1. The number of benzene rings is 1. The SMILES string of the molecule is CCOCc1nc(-c2ccc(Cl)cc2)cc(=O)[nH]1. The molecular weight excluding hydrogens is 252 g/mol. The van der Waals surface area contributed by atoms with Crippen molar-refractivity contribution in [3.8, 4) is 11.3 Å². The summed E-state index contributed by atoms with van der Waals surface area (Å²) in [4.78, 5) is 18.5. The van der Waals surface area contributed by atoms with Crippen LogP contribution in [0.25, 0.3) is 11.3 Å². The second-order valence-electron chi connectivity index (χ2n) is 3.72. The highest BCUT2D eigenvalue weighted by Gasteiger charge is 2.04. The maximum atomic E-state index is 11.5. The maximum Gasteiger partial charge on any atom is 0.251 e. The lowest BCUT2D eigenvalue weighted by Gasteiger charge is -2.04. The van der Waals surface area contributed by atoms with Crippen LogP contribution in [0.1, 0.15) is 12.7 Å². The highest BCUT2D eigenvalue weighted by Crippen LogP contribution is 2.18. The lowest BCUT2D eigenvalue weighted by atomic mass is 10.1. The monoisotopic (exact) mass is 264 g/mol. The highest BCUT2D eigenvalue weighted by atomic mass is 35.5. The molecule has 0 saturated carbocycles. The molecule has 18 heavy (non-hydrogen) atoms. The van der Waals surface area contributed by atoms with Gasteiger partial charge in [-0.2, -0.15) is 0 Å². The first kappa shape index (κ1) is 12.8. The summed E-state index contributed by atoms with van der Waals surface area (Å²) < 4.78 is 5.23. The lowest BCUT2D eigenvalue weighted by molar-refractivity contribution is 0.128. The van der Waals surface area contributed by atoms with Crippen molar-refractivity contribution >= 4 is 11.6 Å². The second kappa shape index (κ2) is 5.80. The van der Waals surface area contributed by atoms with Gasteiger partial charge >= 0.3 is 0 Å². The van der Waals surface area contributed by atoms with Crippen LogP contribution in [0.4, 0.5) is 0 Å². The molecule has 2 aromatic rings. The average Bonchev–Trinajstić information content (AvgIpc) is 2.36. The van der Waals surface area contributed by atoms with Crippen molar-refractivity contribution in [2.75, 3.05) is 6.61 Å². The highest BCUT2D eigenvalue weighted by molar-refractivity contribution is 6.30. The topological polar surface area (TPSA) is 55.0 Å². The van der Waals surface area contributed by atoms with Gasteiger partial charge in [0.2, 0.25) is 0 Å². The van der Waals surface area contributed by atoms with Gasteiger partial charge in [0.15, 0.2) is 0 Å². The standard InChI is InChI=1S/C13H13ClN2O2/c1-2-18-8-12-15-11(7-13(17)16-12)9-3-5-10(14)6-4-9/h3-7H,2,8H2,1H3,(H,15,16,17). The van der Waals surface area contributed by atoms with Crippen molar-refractivity contribution in [1.82, 2.24) is 9.97 Å². The zero-order valence-electron chi connectivity index (χ0n) is 9.94. The minimum Gasteiger partial charge on any atom is -0.374 e. The number of H-pyrrole nitrogens is 1. The fourth-order valence-electron chi connectivity index (χ4n) is 1.54. The molecule has 0 aliphatic heterocycles. The smallest absolute Gasteiger partial charge is 0.251 e. The van der Waals surface area contributed by atoms with Gasteiger partial charge in [0.05, 0.1) is 5.69 Å². The van der Waals surface area contributed by atoms with Crippen molar-refractivity contribution in [2.45, 2.75) is 13.5 Å². The molecule has 0 bridgehead atoms. The number of halogens is 1. The zero-order chi connectivity index (χ0) is 13.0. The summed E-state index contributed by atoms with van der Waals surface area (Å²) in [5, 5.41) is 0.651. The van der Waals surface area contributed by atoms with Gasteiger partial charge in [-0.1, -0.05) is 23.7 Å². The average molecular weight is 265 g/mol. The fourth-order valence-corrected chi connectivity index (χ4v) is 1.67. The van der Waals surface area contributed by atoms with E-state index in [9.17, 15) is 4.79 Å². The molecule has 1 aromatic carbocycles. The zero-order valence-corrected chi connectivity index (χ0v) is 10.7. The van der Waals surface area contributed by atoms with E-state index in [1.165, 1.54) is 6.07 Å². The summed E-state index contributed by atoms with van der Waals surface area (Å²) in [5.41, 5.74) is 1.28. The van der Waals surface area contributed by atoms with Gasteiger partial charge in [-0.15, -0.1) is 0 Å². The van der Waals surface area contributed by atoms with Crippen LogP contribution >= 0.6 is 11.6 Å². The molecule has 0 saturated heterocycles. The summed E-state index contributed by atoms with van der Waals surface area (Å²) in [7, 11) is 0. The number of aromatic nitrogens is 2. The maximum absolute atomic E-state index is 11.5. The van der Waals surface area contributed by atoms with Gasteiger partial charge in [0, 0.05) is 23.3 Å². The Morgan fingerprint density at radius 3 is 2.72 bits per heavy atom. The Kier molecular flexibility index (Phi) is 4.12. The molecular formula is C13H13ClN2O2. The third kappa shape index (κ3) is 3.18. The molecule has 0 amide bonds. The minimum atomic E-state index is -0.190. The summed E-state index contributed by atoms with van der Waals surface area (Å²) in [5.74, 6) is 0.523. The van der Waals surface area contributed by atoms with Crippen molar-refractivity contribution < 1.29 is 4.74 Å². The molecule has 0 atom stereocenters. The second-order valence-corrected chi connectivity index (χ2v) is 4.16. The van der Waals surface area contributed by atoms with Crippen LogP contribution in [-0.2, 0) is 11.3 Å². The molecule has 0 aliphatic carbocycles. The molecule has 0 fully saturated rings. The van der Waals surface area contributed by atoms with E-state index < -0.39 is 0 Å². The van der Waals surface area contributed by atoms with Crippen LogP contribution in [-0.4, -0.2) is 16.6 Å². The Morgan fingerprint density at radius 2 is 2.06 bits per heavy atom. The van der Waals surface area contributed by atoms with Crippen molar-refractivity contribution in [1.29, 1.82) is 0 Å². The Bertz CT molecular complexity index is 578. The molecule has 1 heterocycles. The number of nitrogens with one attached hydrogen (secondary N) is 1. The molecule has 0 radical (unpaired) electrons. The van der Waals surface area contributed by atoms with E-state index in [0.717, 1.165) is 5.56 Å². The van der Waals surface area contributed by atoms with Crippen molar-refractivity contribution in [3.05, 3.63) is 51.5 Å². The third-order valence-electron chi connectivity index (χ3n) is 2.37. The number of hydrogen-bond acceptors (Lipinski definition) is 3. The molecule has 0 spiro atoms. The Labute approximate surface area is 110 Å². The molecule has 94 valence electrons. The Balaban J connectivity index is 2.35. The van der Waals surface area contributed by atoms with Crippen LogP contribution in [0.5, 0.6) is 0 Å². The Morgan fingerprint density at radius 1 is 1.33 bits per heavy atom. The number of ether oxygens (including phenoxy) is 1. The molecule has 0 aliphatic rings. The van der Waals surface area contributed by atoms with Gasteiger partial charge < -0.3 is 9.72 Å². The number of nitrogens with zero attached hydrogens (tertiary/aromatic N) is 1. The predicted octanol–water partition coefficient (Wildman–Crippen LogP) is 2.63. The fraction of sp³-hybridized carbons (Fsp3) is 0.231. The molecule has 5 heteroatoms. The summed E-state index contributed by atoms with van der Waals surface area (Å²) >= 11 is 5.82. The minimum absolute atomic E-state index is 0.190. The van der Waals surface area contributed by atoms with Crippen LogP contribution in [0.2, 0.25) is 5.02 Å². The Hall–Kier alpha value is -1.65. The van der Waals surface area contributed by atoms with E-state index in [2.05, 4.69) is 9.97 Å². The summed E-state index contributed by atoms with van der Waals surface area (Å²) in [6.45, 7) is 2.77. The van der Waals surface area contributed by atoms with Gasteiger partial charge in [-0.25, -0.2) is 4.98 Å². The van der Waals surface area contributed by atoms with E-state index in [1.54, 1.807) is 12.1 Å². The largest absolute Gasteiger partial charge is 0.374 e. The van der Waals surface area contributed by atoms with E-state index in [-0.39, 0.29) is 5.56 Å². The van der Waals surface area contributed by atoms with Gasteiger partial charge in [-0.05, 0) is 19.1 Å². The summed E-state index contributed by atoms with van der Waals surface area (Å²) in [6, 6.07) is 8.64. The molecule has 1 N–H and O–H groups in total. The van der Waals surface area contributed by atoms with Gasteiger partial charge in [-0.3, -0.25) is 4.79 Å². The van der Waals surface area contributed by atoms with Crippen LogP contribution in [0.15, 0.2) is 35.1 Å². The quantitative estimate of drug-likeness (QED) is 0.924. The lowest BCUT2D eigenvalue weighted by Crippen LogP contribution is -2.12. The van der Waals surface area contributed by atoms with E-state index in [4.69, 9.17) is 16.3 Å². The van der Waals surface area contributed by atoms with Crippen LogP contribution in [0, 0.1) is 0 Å².